The van der Waals surface area contributed by atoms with Crippen LogP contribution in [0, 0.1) is 0 Å². The molecule has 0 atom stereocenters. The topological polar surface area (TPSA) is 67.7 Å². The zero-order chi connectivity index (χ0) is 17.5. The average Bonchev–Trinajstić information content (AvgIpc) is 3.03. The molecule has 3 rings (SSSR count). The Kier molecular flexibility index (Phi) is 9.64. The number of carbonyl (C=O) groups is 1. The summed E-state index contributed by atoms with van der Waals surface area (Å²) in [4.78, 5) is 16.4. The lowest BCUT2D eigenvalue weighted by molar-refractivity contribution is -0.116. The van der Waals surface area contributed by atoms with Crippen molar-refractivity contribution in [1.29, 1.82) is 0 Å². The molecule has 8 heteroatoms. The van der Waals surface area contributed by atoms with Gasteiger partial charge in [-0.2, -0.15) is 0 Å². The minimum atomic E-state index is 0. The summed E-state index contributed by atoms with van der Waals surface area (Å²) in [5, 5.41) is 5.92. The van der Waals surface area contributed by atoms with Gasteiger partial charge in [0.1, 0.15) is 18.0 Å². The van der Waals surface area contributed by atoms with Crippen molar-refractivity contribution in [2.45, 2.75) is 19.4 Å². The number of pyridine rings is 1. The summed E-state index contributed by atoms with van der Waals surface area (Å²) < 4.78 is 7.76. The van der Waals surface area contributed by atoms with E-state index in [2.05, 4.69) is 15.6 Å². The summed E-state index contributed by atoms with van der Waals surface area (Å²) >= 11 is 0. The van der Waals surface area contributed by atoms with Crippen LogP contribution in [-0.4, -0.2) is 28.9 Å². The number of ether oxygens (including phenoxy) is 1. The highest BCUT2D eigenvalue weighted by Crippen LogP contribution is 2.19. The maximum absolute atomic E-state index is 11.9. The molecule has 2 N–H and O–H groups in total. The van der Waals surface area contributed by atoms with E-state index >= 15 is 0 Å². The van der Waals surface area contributed by atoms with Crippen LogP contribution in [0.2, 0.25) is 0 Å². The van der Waals surface area contributed by atoms with E-state index < -0.39 is 0 Å². The number of fused-ring (bicyclic) bond motifs is 1. The van der Waals surface area contributed by atoms with Gasteiger partial charge in [-0.05, 0) is 44.3 Å². The van der Waals surface area contributed by atoms with Gasteiger partial charge in [-0.25, -0.2) is 4.98 Å². The first-order valence-corrected chi connectivity index (χ1v) is 8.34. The third-order valence-corrected chi connectivity index (χ3v) is 3.75. The number of amides is 1. The zero-order valence-electron chi connectivity index (χ0n) is 15.1. The van der Waals surface area contributed by atoms with E-state index in [9.17, 15) is 4.79 Å². The molecule has 0 spiro atoms. The molecule has 1 amide bonds. The van der Waals surface area contributed by atoms with E-state index in [1.54, 1.807) is 0 Å². The van der Waals surface area contributed by atoms with Crippen molar-refractivity contribution in [3.8, 4) is 5.75 Å². The van der Waals surface area contributed by atoms with E-state index in [-0.39, 0.29) is 30.7 Å². The highest BCUT2D eigenvalue weighted by Gasteiger charge is 2.05. The van der Waals surface area contributed by atoms with Gasteiger partial charge in [-0.3, -0.25) is 4.79 Å². The highest BCUT2D eigenvalue weighted by atomic mass is 35.5. The molecule has 0 fully saturated rings. The van der Waals surface area contributed by atoms with Crippen molar-refractivity contribution in [3.63, 3.8) is 0 Å². The predicted molar refractivity (Wildman–Crippen MR) is 112 cm³/mol. The van der Waals surface area contributed by atoms with Gasteiger partial charge in [0, 0.05) is 30.6 Å². The van der Waals surface area contributed by atoms with Crippen LogP contribution in [0.3, 0.4) is 0 Å². The van der Waals surface area contributed by atoms with E-state index in [0.717, 1.165) is 30.0 Å². The Morgan fingerprint density at radius 2 is 2.04 bits per heavy atom. The lowest BCUT2D eigenvalue weighted by atomic mass is 10.2. The van der Waals surface area contributed by atoms with Crippen molar-refractivity contribution in [1.82, 2.24) is 14.7 Å². The number of aromatic nitrogens is 2. The molecule has 0 aliphatic heterocycles. The molecule has 0 saturated carbocycles. The van der Waals surface area contributed by atoms with E-state index in [0.29, 0.717) is 18.8 Å². The Labute approximate surface area is 171 Å². The summed E-state index contributed by atoms with van der Waals surface area (Å²) in [6, 6.07) is 13.3. The largest absolute Gasteiger partial charge is 0.487 e. The molecule has 0 radical (unpaired) electrons. The first kappa shape index (κ1) is 22.8. The van der Waals surface area contributed by atoms with Gasteiger partial charge < -0.3 is 19.8 Å². The molecule has 3 aromatic rings. The lowest BCUT2D eigenvalue weighted by Gasteiger charge is -2.08. The Morgan fingerprint density at radius 1 is 1.19 bits per heavy atom. The van der Waals surface area contributed by atoms with Crippen LogP contribution in [-0.2, 0) is 11.4 Å². The van der Waals surface area contributed by atoms with Crippen LogP contribution in [0.25, 0.3) is 5.65 Å². The quantitative estimate of drug-likeness (QED) is 0.555. The van der Waals surface area contributed by atoms with Crippen molar-refractivity contribution < 1.29 is 9.53 Å². The Bertz CT molecular complexity index is 821. The number of halogens is 2. The minimum absolute atomic E-state index is 0. The number of anilines is 1. The molecule has 0 unspecified atom stereocenters. The highest BCUT2D eigenvalue weighted by molar-refractivity contribution is 5.90. The van der Waals surface area contributed by atoms with E-state index in [1.807, 2.05) is 66.3 Å². The fourth-order valence-corrected chi connectivity index (χ4v) is 2.53. The SMILES string of the molecule is CNCCCC(=O)Nc1cccc(OCc2cn3ccccc3n2)c1.Cl.Cl. The van der Waals surface area contributed by atoms with Gasteiger partial charge >= 0.3 is 0 Å². The first-order valence-electron chi connectivity index (χ1n) is 8.34. The fourth-order valence-electron chi connectivity index (χ4n) is 2.53. The summed E-state index contributed by atoms with van der Waals surface area (Å²) in [7, 11) is 1.88. The molecule has 0 bridgehead atoms. The number of carbonyl (C=O) groups excluding carboxylic acids is 1. The summed E-state index contributed by atoms with van der Waals surface area (Å²) in [5.74, 6) is 0.706. The molecule has 0 aliphatic rings. The Hall–Kier alpha value is -2.28. The van der Waals surface area contributed by atoms with Crippen LogP contribution >= 0.6 is 24.8 Å². The molecule has 2 heterocycles. The van der Waals surface area contributed by atoms with Crippen LogP contribution < -0.4 is 15.4 Å². The van der Waals surface area contributed by atoms with E-state index in [1.165, 1.54) is 0 Å². The minimum Gasteiger partial charge on any atom is -0.487 e. The van der Waals surface area contributed by atoms with Gasteiger partial charge in [0.05, 0.1) is 5.69 Å². The molecule has 2 aromatic heterocycles. The molecule has 0 saturated heterocycles. The van der Waals surface area contributed by atoms with Crippen molar-refractivity contribution in [2.75, 3.05) is 18.9 Å². The normalized spacial score (nSPS) is 9.96. The van der Waals surface area contributed by atoms with Crippen LogP contribution in [0.15, 0.2) is 54.9 Å². The van der Waals surface area contributed by atoms with Gasteiger partial charge in [-0.15, -0.1) is 24.8 Å². The maximum atomic E-state index is 11.9. The number of hydrogen-bond acceptors (Lipinski definition) is 4. The average molecular weight is 411 g/mol. The number of rotatable bonds is 8. The third-order valence-electron chi connectivity index (χ3n) is 3.75. The molecule has 27 heavy (non-hydrogen) atoms. The van der Waals surface area contributed by atoms with Gasteiger partial charge in [0.2, 0.25) is 5.91 Å². The fraction of sp³-hybridized carbons (Fsp3) is 0.263. The van der Waals surface area contributed by atoms with Crippen molar-refractivity contribution >= 4 is 42.1 Å². The first-order chi connectivity index (χ1) is 12.2. The third kappa shape index (κ3) is 6.75. The molecular weight excluding hydrogens is 387 g/mol. The van der Waals surface area contributed by atoms with E-state index in [4.69, 9.17) is 4.74 Å². The van der Waals surface area contributed by atoms with Crippen LogP contribution in [0.4, 0.5) is 5.69 Å². The van der Waals surface area contributed by atoms with Gasteiger partial charge in [-0.1, -0.05) is 12.1 Å². The van der Waals surface area contributed by atoms with Crippen LogP contribution in [0.5, 0.6) is 5.75 Å². The molecule has 146 valence electrons. The maximum Gasteiger partial charge on any atom is 0.224 e. The lowest BCUT2D eigenvalue weighted by Crippen LogP contribution is -2.15. The number of nitrogens with zero attached hydrogens (tertiary/aromatic N) is 2. The second-order valence-electron chi connectivity index (χ2n) is 5.77. The number of benzene rings is 1. The summed E-state index contributed by atoms with van der Waals surface area (Å²) in [5.41, 5.74) is 2.48. The Balaban J connectivity index is 0.00000182. The monoisotopic (exact) mass is 410 g/mol. The van der Waals surface area contributed by atoms with Crippen molar-refractivity contribution in [3.05, 3.63) is 60.6 Å². The standard InChI is InChI=1S/C19H22N4O2.2ClH/c1-20-10-5-9-19(24)22-15-6-4-7-17(12-15)25-14-16-13-23-11-3-2-8-18(23)21-16;;/h2-4,6-8,11-13,20H,5,9-10,14H2,1H3,(H,22,24);2*1H. The summed E-state index contributed by atoms with van der Waals surface area (Å²) in [6.07, 6.45) is 5.21. The Morgan fingerprint density at radius 3 is 2.81 bits per heavy atom. The second-order valence-corrected chi connectivity index (χ2v) is 5.77. The smallest absolute Gasteiger partial charge is 0.224 e. The number of nitrogens with one attached hydrogen (secondary N) is 2. The molecule has 1 aromatic carbocycles. The predicted octanol–water partition coefficient (Wildman–Crippen LogP) is 3.70. The summed E-state index contributed by atoms with van der Waals surface area (Å²) in [6.45, 7) is 1.21. The number of hydrogen-bond donors (Lipinski definition) is 2. The van der Waals surface area contributed by atoms with Gasteiger partial charge in [0.15, 0.2) is 0 Å². The zero-order valence-corrected chi connectivity index (χ0v) is 16.7. The number of imidazole rings is 1. The van der Waals surface area contributed by atoms with Gasteiger partial charge in [0.25, 0.3) is 0 Å². The molecular formula is C19H24Cl2N4O2. The van der Waals surface area contributed by atoms with Crippen LogP contribution in [0.1, 0.15) is 18.5 Å². The molecule has 0 aliphatic carbocycles. The van der Waals surface area contributed by atoms with Crippen molar-refractivity contribution in [2.24, 2.45) is 0 Å². The molecule has 6 nitrogen and oxygen atoms in total. The second kappa shape index (κ2) is 11.4.